The van der Waals surface area contributed by atoms with Gasteiger partial charge in [-0.25, -0.2) is 0 Å². The second-order valence-corrected chi connectivity index (χ2v) is 6.13. The predicted molar refractivity (Wildman–Crippen MR) is 103 cm³/mol. The minimum atomic E-state index is -0.122. The largest absolute Gasteiger partial charge is 0.376 e. The molecule has 132 valence electrons. The summed E-state index contributed by atoms with van der Waals surface area (Å²) in [6.07, 6.45) is 0.426. The van der Waals surface area contributed by atoms with E-state index in [1.54, 1.807) is 0 Å². The highest BCUT2D eigenvalue weighted by Crippen LogP contribution is 2.20. The van der Waals surface area contributed by atoms with Gasteiger partial charge in [0, 0.05) is 23.5 Å². The molecule has 5 heteroatoms. The summed E-state index contributed by atoms with van der Waals surface area (Å²) in [6, 6.07) is 11.5. The number of rotatable bonds is 6. The van der Waals surface area contributed by atoms with E-state index in [9.17, 15) is 9.59 Å². The Kier molecular flexibility index (Phi) is 6.17. The Labute approximate surface area is 148 Å². The van der Waals surface area contributed by atoms with Crippen molar-refractivity contribution >= 4 is 28.9 Å². The monoisotopic (exact) mass is 339 g/mol. The van der Waals surface area contributed by atoms with E-state index in [4.69, 9.17) is 0 Å². The van der Waals surface area contributed by atoms with Gasteiger partial charge in [0.25, 0.3) is 0 Å². The van der Waals surface area contributed by atoms with Gasteiger partial charge in [-0.2, -0.15) is 0 Å². The van der Waals surface area contributed by atoms with Crippen LogP contribution in [0.3, 0.4) is 0 Å². The zero-order valence-electron chi connectivity index (χ0n) is 15.2. The standard InChI is InChI=1S/C20H25N3O2/c1-5-19(24)23-18-11-16(8-7-14(18)3)21-12-20(25)22-17-9-6-13(2)15(4)10-17/h6-11,21H,5,12H2,1-4H3,(H,22,25)(H,23,24). The molecule has 25 heavy (non-hydrogen) atoms. The highest BCUT2D eigenvalue weighted by molar-refractivity contribution is 5.94. The lowest BCUT2D eigenvalue weighted by atomic mass is 10.1. The normalized spacial score (nSPS) is 10.2. The second kappa shape index (κ2) is 8.33. The fourth-order valence-electron chi connectivity index (χ4n) is 2.31. The van der Waals surface area contributed by atoms with Crippen molar-refractivity contribution in [3.05, 3.63) is 53.1 Å². The third-order valence-corrected chi connectivity index (χ3v) is 4.08. The maximum Gasteiger partial charge on any atom is 0.243 e. The molecule has 2 rings (SSSR count). The van der Waals surface area contributed by atoms with Gasteiger partial charge < -0.3 is 16.0 Å². The number of aryl methyl sites for hydroxylation is 3. The van der Waals surface area contributed by atoms with E-state index in [1.807, 2.05) is 64.1 Å². The lowest BCUT2D eigenvalue weighted by Gasteiger charge is -2.12. The summed E-state index contributed by atoms with van der Waals surface area (Å²) in [5, 5.41) is 8.82. The zero-order chi connectivity index (χ0) is 18.4. The minimum absolute atomic E-state index is 0.0345. The summed E-state index contributed by atoms with van der Waals surface area (Å²) >= 11 is 0. The molecule has 0 bridgehead atoms. The van der Waals surface area contributed by atoms with Crippen LogP contribution >= 0.6 is 0 Å². The van der Waals surface area contributed by atoms with Crippen LogP contribution in [0.4, 0.5) is 17.1 Å². The van der Waals surface area contributed by atoms with E-state index in [0.29, 0.717) is 6.42 Å². The fraction of sp³-hybridized carbons (Fsp3) is 0.300. The molecule has 0 aliphatic rings. The minimum Gasteiger partial charge on any atom is -0.376 e. The Hall–Kier alpha value is -2.82. The highest BCUT2D eigenvalue weighted by atomic mass is 16.2. The van der Waals surface area contributed by atoms with Crippen LogP contribution in [0.2, 0.25) is 0 Å². The Morgan fingerprint density at radius 1 is 0.800 bits per heavy atom. The average molecular weight is 339 g/mol. The van der Waals surface area contributed by atoms with Gasteiger partial charge in [-0.1, -0.05) is 19.1 Å². The van der Waals surface area contributed by atoms with Gasteiger partial charge in [0.1, 0.15) is 0 Å². The topological polar surface area (TPSA) is 70.2 Å². The van der Waals surface area contributed by atoms with Crippen molar-refractivity contribution in [2.45, 2.75) is 34.1 Å². The molecular formula is C20H25N3O2. The molecule has 0 fully saturated rings. The summed E-state index contributed by atoms with van der Waals surface area (Å²) in [7, 11) is 0. The molecule has 0 atom stereocenters. The maximum absolute atomic E-state index is 12.1. The molecule has 0 unspecified atom stereocenters. The van der Waals surface area contributed by atoms with Crippen LogP contribution in [0, 0.1) is 20.8 Å². The Morgan fingerprint density at radius 3 is 2.16 bits per heavy atom. The molecule has 3 N–H and O–H groups in total. The zero-order valence-corrected chi connectivity index (χ0v) is 15.2. The maximum atomic E-state index is 12.1. The van der Waals surface area contributed by atoms with E-state index in [1.165, 1.54) is 5.56 Å². The van der Waals surface area contributed by atoms with Crippen LogP contribution in [0.15, 0.2) is 36.4 Å². The summed E-state index contributed by atoms with van der Waals surface area (Å²) in [4.78, 5) is 23.7. The molecule has 2 amide bonds. The summed E-state index contributed by atoms with van der Waals surface area (Å²) in [5.41, 5.74) is 5.64. The van der Waals surface area contributed by atoms with Gasteiger partial charge in [0.05, 0.1) is 6.54 Å². The highest BCUT2D eigenvalue weighted by Gasteiger charge is 2.06. The van der Waals surface area contributed by atoms with Crippen LogP contribution in [0.1, 0.15) is 30.0 Å². The molecule has 2 aromatic carbocycles. The molecule has 0 aromatic heterocycles. The van der Waals surface area contributed by atoms with Gasteiger partial charge in [-0.3, -0.25) is 9.59 Å². The summed E-state index contributed by atoms with van der Waals surface area (Å²) in [6.45, 7) is 7.94. The van der Waals surface area contributed by atoms with Crippen molar-refractivity contribution in [1.29, 1.82) is 0 Å². The smallest absolute Gasteiger partial charge is 0.243 e. The molecule has 0 saturated heterocycles. The lowest BCUT2D eigenvalue weighted by Crippen LogP contribution is -2.22. The number of benzene rings is 2. The lowest BCUT2D eigenvalue weighted by molar-refractivity contribution is -0.116. The number of carbonyl (C=O) groups is 2. The molecule has 0 heterocycles. The number of nitrogens with one attached hydrogen (secondary N) is 3. The van der Waals surface area contributed by atoms with Crippen molar-refractivity contribution in [3.63, 3.8) is 0 Å². The molecule has 0 saturated carbocycles. The van der Waals surface area contributed by atoms with Crippen molar-refractivity contribution in [2.75, 3.05) is 22.5 Å². The predicted octanol–water partition coefficient (Wildman–Crippen LogP) is 4.01. The summed E-state index contributed by atoms with van der Waals surface area (Å²) in [5.74, 6) is -0.157. The third-order valence-electron chi connectivity index (χ3n) is 4.08. The van der Waals surface area contributed by atoms with E-state index < -0.39 is 0 Å². The van der Waals surface area contributed by atoms with E-state index in [-0.39, 0.29) is 18.4 Å². The number of anilines is 3. The molecule has 0 aliphatic carbocycles. The van der Waals surface area contributed by atoms with Gasteiger partial charge in [0.15, 0.2) is 0 Å². The van der Waals surface area contributed by atoms with Gasteiger partial charge in [0.2, 0.25) is 11.8 Å². The summed E-state index contributed by atoms with van der Waals surface area (Å²) < 4.78 is 0. The molecule has 0 radical (unpaired) electrons. The second-order valence-electron chi connectivity index (χ2n) is 6.13. The quantitative estimate of drug-likeness (QED) is 0.745. The van der Waals surface area contributed by atoms with E-state index in [0.717, 1.165) is 28.2 Å². The first-order valence-electron chi connectivity index (χ1n) is 8.40. The molecule has 2 aromatic rings. The first-order valence-corrected chi connectivity index (χ1v) is 8.40. The van der Waals surface area contributed by atoms with Gasteiger partial charge >= 0.3 is 0 Å². The molecule has 5 nitrogen and oxygen atoms in total. The Balaban J connectivity index is 1.96. The first-order chi connectivity index (χ1) is 11.9. The first kappa shape index (κ1) is 18.5. The molecule has 0 spiro atoms. The van der Waals surface area contributed by atoms with Gasteiger partial charge in [-0.05, 0) is 61.7 Å². The Morgan fingerprint density at radius 2 is 1.48 bits per heavy atom. The van der Waals surface area contributed by atoms with Crippen LogP contribution in [0.5, 0.6) is 0 Å². The van der Waals surface area contributed by atoms with Crippen molar-refractivity contribution in [1.82, 2.24) is 0 Å². The molecular weight excluding hydrogens is 314 g/mol. The fourth-order valence-corrected chi connectivity index (χ4v) is 2.31. The number of hydrogen-bond donors (Lipinski definition) is 3. The third kappa shape index (κ3) is 5.35. The van der Waals surface area contributed by atoms with Crippen LogP contribution in [0.25, 0.3) is 0 Å². The molecule has 0 aliphatic heterocycles. The van der Waals surface area contributed by atoms with E-state index in [2.05, 4.69) is 16.0 Å². The average Bonchev–Trinajstić information content (AvgIpc) is 2.58. The SMILES string of the molecule is CCC(=O)Nc1cc(NCC(=O)Nc2ccc(C)c(C)c2)ccc1C. The van der Waals surface area contributed by atoms with Crippen LogP contribution < -0.4 is 16.0 Å². The van der Waals surface area contributed by atoms with Crippen LogP contribution in [-0.4, -0.2) is 18.4 Å². The van der Waals surface area contributed by atoms with Crippen molar-refractivity contribution < 1.29 is 9.59 Å². The van der Waals surface area contributed by atoms with Crippen molar-refractivity contribution in [2.24, 2.45) is 0 Å². The van der Waals surface area contributed by atoms with Gasteiger partial charge in [-0.15, -0.1) is 0 Å². The number of hydrogen-bond acceptors (Lipinski definition) is 3. The number of amides is 2. The van der Waals surface area contributed by atoms with Crippen molar-refractivity contribution in [3.8, 4) is 0 Å². The van der Waals surface area contributed by atoms with E-state index >= 15 is 0 Å². The van der Waals surface area contributed by atoms with Crippen LogP contribution in [-0.2, 0) is 9.59 Å². The Bertz CT molecular complexity index is 785. The number of carbonyl (C=O) groups excluding carboxylic acids is 2.